The smallest absolute Gasteiger partial charge is 0.251 e. The number of nitrogens with one attached hydrogen (secondary N) is 2. The van der Waals surface area contributed by atoms with E-state index in [1.807, 2.05) is 30.3 Å². The molecule has 0 atom stereocenters. The third kappa shape index (κ3) is 3.74. The topological polar surface area (TPSA) is 41.1 Å². The summed E-state index contributed by atoms with van der Waals surface area (Å²) in [6.45, 7) is 0.630. The molecule has 3 nitrogen and oxygen atoms in total. The van der Waals surface area contributed by atoms with Crippen LogP contribution in [0.25, 0.3) is 0 Å². The van der Waals surface area contributed by atoms with Crippen LogP contribution < -0.4 is 10.6 Å². The van der Waals surface area contributed by atoms with E-state index in [-0.39, 0.29) is 5.91 Å². The lowest BCUT2D eigenvalue weighted by molar-refractivity contribution is 0.0963. The normalized spacial score (nSPS) is 10.2. The number of benzene rings is 2. The first-order chi connectivity index (χ1) is 9.60. The Bertz CT molecular complexity index is 614. The molecule has 1 amide bonds. The van der Waals surface area contributed by atoms with Crippen LogP contribution in [0, 0.1) is 0 Å². The number of carbonyl (C=O) groups is 1. The van der Waals surface area contributed by atoms with Crippen LogP contribution in [-0.4, -0.2) is 13.0 Å². The molecule has 2 rings (SSSR count). The molecule has 2 N–H and O–H groups in total. The Labute approximate surface area is 131 Å². The van der Waals surface area contributed by atoms with Gasteiger partial charge in [0.1, 0.15) is 0 Å². The second kappa shape index (κ2) is 6.77. The van der Waals surface area contributed by atoms with Gasteiger partial charge >= 0.3 is 0 Å². The molecule has 5 heteroatoms. The molecular formula is C15H14BrClN2O. The van der Waals surface area contributed by atoms with E-state index in [2.05, 4.69) is 26.6 Å². The van der Waals surface area contributed by atoms with Crippen molar-refractivity contribution in [2.45, 2.75) is 6.54 Å². The van der Waals surface area contributed by atoms with Gasteiger partial charge in [0.05, 0.1) is 0 Å². The van der Waals surface area contributed by atoms with Crippen LogP contribution in [0.5, 0.6) is 0 Å². The molecule has 2 aromatic carbocycles. The predicted octanol–water partition coefficient (Wildman–Crippen LogP) is 4.07. The summed E-state index contributed by atoms with van der Waals surface area (Å²) in [6, 6.07) is 13.1. The van der Waals surface area contributed by atoms with Gasteiger partial charge in [-0.1, -0.05) is 33.6 Å². The Kier molecular flexibility index (Phi) is 5.04. The number of amides is 1. The number of halogens is 2. The van der Waals surface area contributed by atoms with Gasteiger partial charge in [-0.2, -0.15) is 0 Å². The lowest BCUT2D eigenvalue weighted by Gasteiger charge is -2.09. The molecule has 0 saturated carbocycles. The first-order valence-electron chi connectivity index (χ1n) is 6.10. The van der Waals surface area contributed by atoms with Crippen molar-refractivity contribution < 1.29 is 4.79 Å². The predicted molar refractivity (Wildman–Crippen MR) is 86.3 cm³/mol. The minimum Gasteiger partial charge on any atom is -0.381 e. The highest BCUT2D eigenvalue weighted by atomic mass is 79.9. The van der Waals surface area contributed by atoms with E-state index in [0.717, 1.165) is 15.7 Å². The molecule has 2 aromatic rings. The molecule has 0 aliphatic heterocycles. The van der Waals surface area contributed by atoms with Crippen molar-refractivity contribution in [2.75, 3.05) is 12.4 Å². The van der Waals surface area contributed by atoms with Gasteiger partial charge in [0, 0.05) is 34.3 Å². The highest BCUT2D eigenvalue weighted by molar-refractivity contribution is 9.10. The van der Waals surface area contributed by atoms with Gasteiger partial charge in [0.25, 0.3) is 5.91 Å². The van der Waals surface area contributed by atoms with E-state index in [0.29, 0.717) is 17.1 Å². The molecule has 0 unspecified atom stereocenters. The van der Waals surface area contributed by atoms with Gasteiger partial charge < -0.3 is 10.6 Å². The molecule has 104 valence electrons. The Morgan fingerprint density at radius 3 is 2.50 bits per heavy atom. The van der Waals surface area contributed by atoms with Crippen molar-refractivity contribution >= 4 is 39.1 Å². The molecule has 0 bridgehead atoms. The third-order valence-corrected chi connectivity index (χ3v) is 3.72. The minimum atomic E-state index is -0.0903. The largest absolute Gasteiger partial charge is 0.381 e. The Balaban J connectivity index is 2.02. The fraction of sp³-hybridized carbons (Fsp3) is 0.133. The summed E-state index contributed by atoms with van der Waals surface area (Å²) in [5, 5.41) is 6.58. The van der Waals surface area contributed by atoms with Gasteiger partial charge in [-0.25, -0.2) is 0 Å². The summed E-state index contributed by atoms with van der Waals surface area (Å²) in [5.74, 6) is -0.0903. The number of hydrogen-bond donors (Lipinski definition) is 2. The maximum Gasteiger partial charge on any atom is 0.251 e. The summed E-state index contributed by atoms with van der Waals surface area (Å²) in [6.07, 6.45) is 0. The minimum absolute atomic E-state index is 0.0903. The molecule has 0 aliphatic carbocycles. The number of carbonyl (C=O) groups excluding carboxylic acids is 1. The van der Waals surface area contributed by atoms with E-state index in [1.54, 1.807) is 19.2 Å². The molecule has 0 radical (unpaired) electrons. The van der Waals surface area contributed by atoms with Crippen LogP contribution in [0.1, 0.15) is 15.9 Å². The molecule has 0 spiro atoms. The summed E-state index contributed by atoms with van der Waals surface area (Å²) in [5.41, 5.74) is 2.60. The first kappa shape index (κ1) is 14.9. The number of anilines is 1. The maximum absolute atomic E-state index is 11.4. The van der Waals surface area contributed by atoms with Gasteiger partial charge in [0.2, 0.25) is 0 Å². The molecule has 20 heavy (non-hydrogen) atoms. The van der Waals surface area contributed by atoms with Crippen molar-refractivity contribution in [3.63, 3.8) is 0 Å². The van der Waals surface area contributed by atoms with E-state index >= 15 is 0 Å². The molecule has 0 saturated heterocycles. The van der Waals surface area contributed by atoms with E-state index < -0.39 is 0 Å². The summed E-state index contributed by atoms with van der Waals surface area (Å²) < 4.78 is 0.959. The van der Waals surface area contributed by atoms with Gasteiger partial charge in [-0.05, 0) is 42.0 Å². The van der Waals surface area contributed by atoms with Gasteiger partial charge in [-0.15, -0.1) is 0 Å². The fourth-order valence-electron chi connectivity index (χ4n) is 1.75. The number of hydrogen-bond acceptors (Lipinski definition) is 2. The zero-order valence-electron chi connectivity index (χ0n) is 10.9. The fourth-order valence-corrected chi connectivity index (χ4v) is 2.49. The van der Waals surface area contributed by atoms with E-state index in [9.17, 15) is 4.79 Å². The van der Waals surface area contributed by atoms with Crippen molar-refractivity contribution in [3.05, 3.63) is 63.1 Å². The summed E-state index contributed by atoms with van der Waals surface area (Å²) in [7, 11) is 1.62. The summed E-state index contributed by atoms with van der Waals surface area (Å²) >= 11 is 9.54. The highest BCUT2D eigenvalue weighted by Crippen LogP contribution is 2.22. The summed E-state index contributed by atoms with van der Waals surface area (Å²) in [4.78, 5) is 11.4. The van der Waals surface area contributed by atoms with E-state index in [1.165, 1.54) is 0 Å². The van der Waals surface area contributed by atoms with Gasteiger partial charge in [-0.3, -0.25) is 4.79 Å². The molecular weight excluding hydrogens is 340 g/mol. The average Bonchev–Trinajstić information content (AvgIpc) is 2.46. The lowest BCUT2D eigenvalue weighted by Crippen LogP contribution is -2.17. The third-order valence-electron chi connectivity index (χ3n) is 2.87. The molecule has 0 fully saturated rings. The SMILES string of the molecule is CNC(=O)c1ccc(NCc2ccc(Br)cc2Cl)cc1. The Hall–Kier alpha value is -1.52. The molecule has 0 aromatic heterocycles. The quantitative estimate of drug-likeness (QED) is 0.870. The highest BCUT2D eigenvalue weighted by Gasteiger charge is 2.03. The van der Waals surface area contributed by atoms with Crippen molar-refractivity contribution in [1.29, 1.82) is 0 Å². The second-order valence-electron chi connectivity index (χ2n) is 4.25. The van der Waals surface area contributed by atoms with Gasteiger partial charge in [0.15, 0.2) is 0 Å². The number of rotatable bonds is 4. The van der Waals surface area contributed by atoms with Crippen LogP contribution in [0.3, 0.4) is 0 Å². The zero-order chi connectivity index (χ0) is 14.5. The van der Waals surface area contributed by atoms with Crippen LogP contribution in [0.2, 0.25) is 5.02 Å². The zero-order valence-corrected chi connectivity index (χ0v) is 13.3. The van der Waals surface area contributed by atoms with Crippen molar-refractivity contribution in [1.82, 2.24) is 5.32 Å². The van der Waals surface area contributed by atoms with Crippen LogP contribution >= 0.6 is 27.5 Å². The van der Waals surface area contributed by atoms with Crippen molar-refractivity contribution in [2.24, 2.45) is 0 Å². The average molecular weight is 354 g/mol. The lowest BCUT2D eigenvalue weighted by atomic mass is 10.2. The van der Waals surface area contributed by atoms with Crippen molar-refractivity contribution in [3.8, 4) is 0 Å². The molecule has 0 heterocycles. The van der Waals surface area contributed by atoms with Crippen LogP contribution in [0.4, 0.5) is 5.69 Å². The molecule has 0 aliphatic rings. The second-order valence-corrected chi connectivity index (χ2v) is 5.57. The van der Waals surface area contributed by atoms with E-state index in [4.69, 9.17) is 11.6 Å². The standard InChI is InChI=1S/C15H14BrClN2O/c1-18-15(20)10-3-6-13(7-4-10)19-9-11-2-5-12(16)8-14(11)17/h2-8,19H,9H2,1H3,(H,18,20). The first-order valence-corrected chi connectivity index (χ1v) is 7.27. The Morgan fingerprint density at radius 1 is 1.20 bits per heavy atom. The monoisotopic (exact) mass is 352 g/mol. The maximum atomic E-state index is 11.4. The van der Waals surface area contributed by atoms with Crippen LogP contribution in [0.15, 0.2) is 46.9 Å². The van der Waals surface area contributed by atoms with Crippen LogP contribution in [-0.2, 0) is 6.54 Å². The Morgan fingerprint density at radius 2 is 1.90 bits per heavy atom.